The summed E-state index contributed by atoms with van der Waals surface area (Å²) in [6, 6.07) is 3.64. The van der Waals surface area contributed by atoms with Crippen molar-refractivity contribution in [3.05, 3.63) is 38.5 Å². The van der Waals surface area contributed by atoms with Gasteiger partial charge in [0.25, 0.3) is 0 Å². The summed E-state index contributed by atoms with van der Waals surface area (Å²) >= 11 is 1.54. The summed E-state index contributed by atoms with van der Waals surface area (Å²) in [5.74, 6) is 1.89. The highest BCUT2D eigenvalue weighted by Crippen LogP contribution is 2.47. The lowest BCUT2D eigenvalue weighted by Crippen LogP contribution is -2.51. The van der Waals surface area contributed by atoms with Gasteiger partial charge in [0.05, 0.1) is 41.8 Å². The second-order valence-corrected chi connectivity index (χ2v) is 14.9. The monoisotopic (exact) mass is 661 g/mol. The average molecular weight is 662 g/mol. The molecule has 11 nitrogen and oxygen atoms in total. The number of nitrogen functional groups attached to an aromatic ring is 1. The Balaban J connectivity index is 1.31. The molecule has 2 fully saturated rings. The molecule has 0 amide bonds. The molecule has 6 heterocycles. The molecule has 47 heavy (non-hydrogen) atoms. The smallest absolute Gasteiger partial charge is 0.221 e. The van der Waals surface area contributed by atoms with Gasteiger partial charge in [-0.05, 0) is 64.5 Å². The molecule has 3 aromatic heterocycles. The van der Waals surface area contributed by atoms with Crippen LogP contribution in [0, 0.1) is 11.3 Å². The normalized spacial score (nSPS) is 24.9. The zero-order valence-electron chi connectivity index (χ0n) is 28.1. The number of thiophene rings is 1. The van der Waals surface area contributed by atoms with E-state index in [9.17, 15) is 5.26 Å². The molecule has 1 aliphatic carbocycles. The lowest BCUT2D eigenvalue weighted by atomic mass is 9.81. The van der Waals surface area contributed by atoms with Gasteiger partial charge >= 0.3 is 0 Å². The van der Waals surface area contributed by atoms with Gasteiger partial charge in [0, 0.05) is 61.2 Å². The predicted octanol–water partition coefficient (Wildman–Crippen LogP) is 5.26. The molecule has 0 spiro atoms. The third-order valence-corrected chi connectivity index (χ3v) is 12.0. The summed E-state index contributed by atoms with van der Waals surface area (Å²) < 4.78 is 24.1. The zero-order valence-corrected chi connectivity index (χ0v) is 28.9. The van der Waals surface area contributed by atoms with Crippen molar-refractivity contribution in [1.82, 2.24) is 24.9 Å². The first-order valence-corrected chi connectivity index (χ1v) is 18.1. The second-order valence-electron chi connectivity index (χ2n) is 13.7. The molecule has 3 aromatic rings. The van der Waals surface area contributed by atoms with Crippen LogP contribution in [0.2, 0.25) is 0 Å². The minimum Gasteiger partial charge on any atom is -0.476 e. The summed E-state index contributed by atoms with van der Waals surface area (Å²) in [7, 11) is 3.94. The van der Waals surface area contributed by atoms with E-state index in [4.69, 9.17) is 39.6 Å². The number of aryl methyl sites for hydroxylation is 1. The Kier molecular flexibility index (Phi) is 9.53. The molecule has 2 N–H and O–H groups in total. The number of nitrogens with two attached hydrogens (primary N) is 1. The van der Waals surface area contributed by atoms with Gasteiger partial charge in [-0.25, -0.2) is 4.98 Å². The molecule has 7 rings (SSSR count). The van der Waals surface area contributed by atoms with Gasteiger partial charge in [0.1, 0.15) is 17.7 Å². The van der Waals surface area contributed by atoms with E-state index in [2.05, 4.69) is 36.8 Å². The van der Waals surface area contributed by atoms with Crippen LogP contribution in [-0.2, 0) is 28.9 Å². The third kappa shape index (κ3) is 6.06. The summed E-state index contributed by atoms with van der Waals surface area (Å²) in [6.07, 6.45) is 7.64. The van der Waals surface area contributed by atoms with E-state index in [1.165, 1.54) is 11.3 Å². The van der Waals surface area contributed by atoms with E-state index in [0.29, 0.717) is 59.4 Å². The first-order chi connectivity index (χ1) is 22.9. The molecule has 0 saturated carbocycles. The Morgan fingerprint density at radius 1 is 1.17 bits per heavy atom. The number of fused-ring (bicyclic) bond motifs is 2. The Labute approximate surface area is 281 Å². The molecule has 12 heteroatoms. The lowest BCUT2D eigenvalue weighted by Gasteiger charge is -2.42. The third-order valence-electron chi connectivity index (χ3n) is 10.9. The molecular weight excluding hydrogens is 614 g/mol. The maximum absolute atomic E-state index is 10.0. The van der Waals surface area contributed by atoms with Gasteiger partial charge in [-0.15, -0.1) is 11.3 Å². The molecule has 3 aliphatic heterocycles. The standard InChI is InChI=1S/C35H47N7O4S/c1-5-7-25-31(24-8-6-9-28-29(24)26(14-36)33(37)47-28)40-46-32(25)34-38-30-21(12-13-43-4)15-42(23-17-44-18-23)16-27(30)35(39-34)45-19-22-11-10-20(2)41(22)3/h20-24H,5-13,15-19,37H2,1-4H3/t20-,21-,22?,24-/m0/s1. The average Bonchev–Trinajstić information content (AvgIpc) is 3.71. The van der Waals surface area contributed by atoms with Crippen molar-refractivity contribution in [3.8, 4) is 23.5 Å². The summed E-state index contributed by atoms with van der Waals surface area (Å²) in [5.41, 5.74) is 11.9. The van der Waals surface area contributed by atoms with Crippen LogP contribution in [0.1, 0.15) is 103 Å². The number of likely N-dealkylation sites (tertiary alicyclic amines) is 1. The summed E-state index contributed by atoms with van der Waals surface area (Å²) in [4.78, 5) is 16.5. The van der Waals surface area contributed by atoms with Crippen molar-refractivity contribution in [2.45, 2.75) is 102 Å². The number of nitrogens with zero attached hydrogens (tertiary/aromatic N) is 6. The van der Waals surface area contributed by atoms with Crippen LogP contribution in [0.4, 0.5) is 5.00 Å². The quantitative estimate of drug-likeness (QED) is 0.288. The van der Waals surface area contributed by atoms with Crippen LogP contribution in [0.5, 0.6) is 5.88 Å². The molecule has 252 valence electrons. The number of likely N-dealkylation sites (N-methyl/N-ethyl adjacent to an activating group) is 1. The van der Waals surface area contributed by atoms with Crippen molar-refractivity contribution in [1.29, 1.82) is 5.26 Å². The van der Waals surface area contributed by atoms with Gasteiger partial charge in [-0.2, -0.15) is 10.2 Å². The largest absolute Gasteiger partial charge is 0.476 e. The number of nitriles is 1. The predicted molar refractivity (Wildman–Crippen MR) is 180 cm³/mol. The fourth-order valence-corrected chi connectivity index (χ4v) is 9.05. The molecule has 2 saturated heterocycles. The molecule has 0 aromatic carbocycles. The minimum atomic E-state index is -0.0399. The Morgan fingerprint density at radius 3 is 2.72 bits per heavy atom. The highest BCUT2D eigenvalue weighted by molar-refractivity contribution is 7.16. The first-order valence-electron chi connectivity index (χ1n) is 17.3. The Bertz CT molecular complexity index is 1630. The van der Waals surface area contributed by atoms with Gasteiger partial charge < -0.3 is 24.5 Å². The van der Waals surface area contributed by atoms with Gasteiger partial charge in [0.2, 0.25) is 17.5 Å². The number of ether oxygens (including phenoxy) is 3. The molecule has 0 radical (unpaired) electrons. The van der Waals surface area contributed by atoms with Crippen LogP contribution in [0.3, 0.4) is 0 Å². The van der Waals surface area contributed by atoms with Crippen LogP contribution >= 0.6 is 11.3 Å². The Morgan fingerprint density at radius 2 is 2.02 bits per heavy atom. The number of hydrogen-bond acceptors (Lipinski definition) is 12. The lowest BCUT2D eigenvalue weighted by molar-refractivity contribution is -0.0734. The van der Waals surface area contributed by atoms with Crippen molar-refractivity contribution in [2.24, 2.45) is 0 Å². The van der Waals surface area contributed by atoms with Crippen LogP contribution in [0.15, 0.2) is 4.52 Å². The fraction of sp³-hybridized carbons (Fsp3) is 0.657. The summed E-state index contributed by atoms with van der Waals surface area (Å²) in [5, 5.41) is 15.3. The van der Waals surface area contributed by atoms with Crippen molar-refractivity contribution < 1.29 is 18.7 Å². The summed E-state index contributed by atoms with van der Waals surface area (Å²) in [6.45, 7) is 8.76. The minimum absolute atomic E-state index is 0.0399. The molecule has 0 bridgehead atoms. The number of methoxy groups -OCH3 is 1. The van der Waals surface area contributed by atoms with E-state index in [1.807, 2.05) is 0 Å². The van der Waals surface area contributed by atoms with Crippen molar-refractivity contribution in [3.63, 3.8) is 0 Å². The highest BCUT2D eigenvalue weighted by Gasteiger charge is 2.39. The van der Waals surface area contributed by atoms with E-state index in [1.54, 1.807) is 18.4 Å². The van der Waals surface area contributed by atoms with Gasteiger partial charge in [-0.1, -0.05) is 18.5 Å². The molecular formula is C35H47N7O4S. The second kappa shape index (κ2) is 13.8. The van der Waals surface area contributed by atoms with Crippen LogP contribution in [-0.4, -0.2) is 90.2 Å². The van der Waals surface area contributed by atoms with E-state index < -0.39 is 0 Å². The molecule has 4 atom stereocenters. The zero-order chi connectivity index (χ0) is 32.7. The first kappa shape index (κ1) is 32.5. The number of anilines is 1. The fourth-order valence-electron chi connectivity index (χ4n) is 7.93. The SMILES string of the molecule is CCCc1c([C@H]2CCCc3sc(N)c(C#N)c32)noc1-c1nc(OCC2CC[C@H](C)N2C)c2c(n1)[C@@H](CCOC)CN(C1COC1)C2. The number of hydrogen-bond donors (Lipinski definition) is 1. The maximum atomic E-state index is 10.0. The van der Waals surface area contributed by atoms with E-state index in [0.717, 1.165) is 99.3 Å². The van der Waals surface area contributed by atoms with Gasteiger partial charge in [0.15, 0.2) is 0 Å². The number of aromatic nitrogens is 3. The topological polar surface area (TPSA) is 136 Å². The van der Waals surface area contributed by atoms with Gasteiger partial charge in [-0.3, -0.25) is 9.80 Å². The molecule has 4 aliphatic rings. The maximum Gasteiger partial charge on any atom is 0.221 e. The Hall–Kier alpha value is -3.08. The van der Waals surface area contributed by atoms with Crippen molar-refractivity contribution in [2.75, 3.05) is 52.9 Å². The van der Waals surface area contributed by atoms with Crippen LogP contribution in [0.25, 0.3) is 11.6 Å². The highest BCUT2D eigenvalue weighted by atomic mass is 32.1. The van der Waals surface area contributed by atoms with E-state index >= 15 is 0 Å². The van der Waals surface area contributed by atoms with Crippen LogP contribution < -0.4 is 10.5 Å². The van der Waals surface area contributed by atoms with Crippen molar-refractivity contribution >= 4 is 16.3 Å². The molecule has 1 unspecified atom stereocenters. The van der Waals surface area contributed by atoms with E-state index in [-0.39, 0.29) is 11.8 Å². The number of rotatable bonds is 11.